The number of nitrogens with one attached hydrogen (secondary N) is 4. The molecule has 0 spiro atoms. The third-order valence-electron chi connectivity index (χ3n) is 12.1. The van der Waals surface area contributed by atoms with Crippen LogP contribution < -0.4 is 21.8 Å². The van der Waals surface area contributed by atoms with Crippen LogP contribution in [0.3, 0.4) is 0 Å². The van der Waals surface area contributed by atoms with Crippen molar-refractivity contribution >= 4 is 108 Å². The highest BCUT2D eigenvalue weighted by atomic mass is 32.2. The van der Waals surface area contributed by atoms with Gasteiger partial charge in [-0.15, -0.1) is 18.1 Å². The standard InChI is InChI=1S/C40H36N12O15P2S4/c53-23(15-72-39-45-25-31(51(39)35-27(55)29-21(64-35)11-62-68(59)66-29)47-37-43-19(9-49(37)33(25)57)17-1-7-70-13-17)41-3-5-61-6-4-42-24(54)16-73-40-46-26-32(52(40)36-28(56)30-22(65-36)12-63-69(60)67-30)48-38-44-20(10-50(38)34(26)58)18-2-8-71-14-18/h1-2,7-10,13-14,21-22,27-30,35-36,55-56H,3-6,11-12,15-16H2,(H2-2,41,42,43,44,47,48,53,54,57,58)/p+2/t21?,22?,27?,28?,29-,30-,35-,36-/m1/s1. The van der Waals surface area contributed by atoms with Crippen LogP contribution in [0.1, 0.15) is 12.5 Å². The fourth-order valence-electron chi connectivity index (χ4n) is 8.72. The van der Waals surface area contributed by atoms with E-state index >= 15 is 0 Å². The van der Waals surface area contributed by atoms with Gasteiger partial charge in [0.1, 0.15) is 37.6 Å². The summed E-state index contributed by atoms with van der Waals surface area (Å²) in [6, 6.07) is 3.79. The minimum Gasteiger partial charge on any atom is -0.385 e. The molecule has 2 amide bonds. The molecule has 0 bridgehead atoms. The third kappa shape index (κ3) is 9.14. The molecule has 10 atom stereocenters. The summed E-state index contributed by atoms with van der Waals surface area (Å²) in [6.45, 7) is 0.210. The summed E-state index contributed by atoms with van der Waals surface area (Å²) in [7, 11) is -4.96. The zero-order chi connectivity index (χ0) is 50.1. The molecule has 12 heterocycles. The fraction of sp³-hybridized carbons (Fsp3) is 0.400. The summed E-state index contributed by atoms with van der Waals surface area (Å²) in [5.74, 6) is -0.719. The highest BCUT2D eigenvalue weighted by molar-refractivity contribution is 8.00. The average Bonchev–Trinajstić information content (AvgIpc) is 4.25. The van der Waals surface area contributed by atoms with E-state index < -0.39 is 88.5 Å². The van der Waals surface area contributed by atoms with Crippen molar-refractivity contribution in [2.24, 2.45) is 0 Å². The molecule has 4 aliphatic rings. The lowest BCUT2D eigenvalue weighted by atomic mass is 10.1. The fourth-order valence-corrected chi connectivity index (χ4v) is 13.3. The summed E-state index contributed by atoms with van der Waals surface area (Å²) >= 11 is 4.94. The van der Waals surface area contributed by atoms with Gasteiger partial charge in [0.2, 0.25) is 23.4 Å². The highest BCUT2D eigenvalue weighted by Gasteiger charge is 2.57. The van der Waals surface area contributed by atoms with E-state index in [2.05, 4.69) is 30.6 Å². The van der Waals surface area contributed by atoms with Gasteiger partial charge in [-0.2, -0.15) is 32.6 Å². The van der Waals surface area contributed by atoms with Crippen LogP contribution in [0.25, 0.3) is 56.4 Å². The molecular weight excluding hydrogens is 1080 g/mol. The van der Waals surface area contributed by atoms with Gasteiger partial charge in [-0.1, -0.05) is 23.5 Å². The van der Waals surface area contributed by atoms with Crippen LogP contribution in [0.2, 0.25) is 0 Å². The van der Waals surface area contributed by atoms with Crippen molar-refractivity contribution in [2.75, 3.05) is 51.0 Å². The first kappa shape index (κ1) is 48.6. The molecular formula is C40H38N12O15P2S4+2. The first-order valence-electron chi connectivity index (χ1n) is 22.2. The van der Waals surface area contributed by atoms with Crippen LogP contribution in [-0.2, 0) is 51.0 Å². The normalized spacial score (nSPS) is 25.1. The zero-order valence-corrected chi connectivity index (χ0v) is 42.3. The lowest BCUT2D eigenvalue weighted by molar-refractivity contribution is -0.119. The van der Waals surface area contributed by atoms with E-state index in [1.807, 2.05) is 33.7 Å². The minimum absolute atomic E-state index is 0.0383. The second-order valence-electron chi connectivity index (χ2n) is 16.6. The molecule has 8 aromatic heterocycles. The largest absolute Gasteiger partial charge is 0.697 e. The molecule has 8 aromatic rings. The summed E-state index contributed by atoms with van der Waals surface area (Å²) in [6.07, 6.45) is -5.43. The molecule has 6 N–H and O–H groups in total. The number of nitrogens with zero attached hydrogens (tertiary/aromatic N) is 8. The number of aromatic nitrogens is 10. The zero-order valence-electron chi connectivity index (χ0n) is 37.2. The number of fused-ring (bicyclic) bond motifs is 6. The number of ether oxygens (including phenoxy) is 3. The van der Waals surface area contributed by atoms with Gasteiger partial charge < -0.3 is 45.0 Å². The first-order chi connectivity index (χ1) is 35.5. The Bertz CT molecular complexity index is 3350. The van der Waals surface area contributed by atoms with E-state index in [0.29, 0.717) is 11.4 Å². The molecule has 380 valence electrons. The molecule has 0 aromatic carbocycles. The summed E-state index contributed by atoms with van der Waals surface area (Å²) in [5, 5.41) is 36.2. The van der Waals surface area contributed by atoms with Crippen molar-refractivity contribution in [3.8, 4) is 22.5 Å². The maximum absolute atomic E-state index is 13.8. The van der Waals surface area contributed by atoms with Gasteiger partial charge in [-0.25, -0.2) is 18.8 Å². The van der Waals surface area contributed by atoms with Crippen LogP contribution >= 0.6 is 62.7 Å². The van der Waals surface area contributed by atoms with Crippen LogP contribution in [0.5, 0.6) is 0 Å². The summed E-state index contributed by atoms with van der Waals surface area (Å²) in [4.78, 5) is 78.7. The van der Waals surface area contributed by atoms with Crippen molar-refractivity contribution in [1.29, 1.82) is 0 Å². The Kier molecular flexibility index (Phi) is 13.4. The summed E-state index contributed by atoms with van der Waals surface area (Å²) in [5.41, 5.74) is 2.11. The number of thiophene rings is 2. The molecule has 4 saturated heterocycles. The van der Waals surface area contributed by atoms with Crippen molar-refractivity contribution in [1.82, 2.24) is 58.5 Å². The minimum atomic E-state index is -2.48. The lowest BCUT2D eigenvalue weighted by Gasteiger charge is -2.18. The van der Waals surface area contributed by atoms with E-state index in [1.54, 1.807) is 12.4 Å². The van der Waals surface area contributed by atoms with Gasteiger partial charge in [0.05, 0.1) is 36.1 Å². The maximum Gasteiger partial charge on any atom is 0.697 e. The molecule has 33 heteroatoms. The van der Waals surface area contributed by atoms with E-state index in [4.69, 9.17) is 42.3 Å². The van der Waals surface area contributed by atoms with E-state index in [1.165, 1.54) is 40.6 Å². The smallest absolute Gasteiger partial charge is 0.385 e. The van der Waals surface area contributed by atoms with Gasteiger partial charge in [-0.3, -0.25) is 28.3 Å². The lowest BCUT2D eigenvalue weighted by Crippen LogP contribution is -2.37. The quantitative estimate of drug-likeness (QED) is 0.0459. The van der Waals surface area contributed by atoms with Gasteiger partial charge in [0, 0.05) is 56.5 Å². The Morgan fingerprint density at radius 3 is 1.60 bits per heavy atom. The molecule has 0 radical (unpaired) electrons. The third-order valence-corrected chi connectivity index (χ3v) is 17.0. The highest BCUT2D eigenvalue weighted by Crippen LogP contribution is 2.46. The molecule has 0 aliphatic carbocycles. The topological polar surface area (TPSA) is 333 Å². The molecule has 6 unspecified atom stereocenters. The number of imidazole rings is 4. The van der Waals surface area contributed by atoms with Crippen LogP contribution in [0.4, 0.5) is 0 Å². The maximum atomic E-state index is 13.8. The van der Waals surface area contributed by atoms with Crippen LogP contribution in [-0.4, -0.2) is 158 Å². The predicted molar refractivity (Wildman–Crippen MR) is 260 cm³/mol. The average molecular weight is 1120 g/mol. The number of aromatic amines is 2. The van der Waals surface area contributed by atoms with Gasteiger partial charge in [0.15, 0.2) is 57.3 Å². The van der Waals surface area contributed by atoms with E-state index in [-0.39, 0.29) is 95.2 Å². The number of hydrogen-bond donors (Lipinski definition) is 6. The molecule has 73 heavy (non-hydrogen) atoms. The van der Waals surface area contributed by atoms with Crippen LogP contribution in [0, 0.1) is 0 Å². The Morgan fingerprint density at radius 1 is 0.726 bits per heavy atom. The second kappa shape index (κ2) is 20.1. The number of aliphatic hydroxyl groups excluding tert-OH is 2. The van der Waals surface area contributed by atoms with Gasteiger partial charge in [-0.05, 0) is 22.9 Å². The number of amides is 2. The van der Waals surface area contributed by atoms with Crippen molar-refractivity contribution in [2.45, 2.75) is 59.4 Å². The number of carbonyl (C=O) groups excluding carboxylic acids is 2. The Balaban J connectivity index is 0.661. The molecule has 4 aliphatic heterocycles. The second-order valence-corrected chi connectivity index (χ2v) is 21.9. The number of rotatable bonds is 16. The van der Waals surface area contributed by atoms with Crippen molar-refractivity contribution < 1.29 is 61.2 Å². The number of hydrogen-bond acceptors (Lipinski definition) is 23. The number of aliphatic hydroxyl groups is 2. The first-order valence-corrected chi connectivity index (χ1v) is 28.2. The molecule has 27 nitrogen and oxygen atoms in total. The van der Waals surface area contributed by atoms with Crippen LogP contribution in [0.15, 0.2) is 65.9 Å². The van der Waals surface area contributed by atoms with E-state index in [9.17, 15) is 38.5 Å². The SMILES string of the molecule is O=C(CSc1nc2c(=O)n3cc(-c4ccsc4)[nH]c3nc2n1[C@@H]1OC2CO[P+](=O)O[C@H]2C1O)NCCOCCNC(=O)CSc1nc2c(=O)n3cc(-c4ccsc4)[nH]c3nc2n1[C@@H]1OC2CO[P+](=O)O[C@H]2C1O. The Labute approximate surface area is 425 Å². The monoisotopic (exact) mass is 1120 g/mol. The molecule has 4 fully saturated rings. The Morgan fingerprint density at radius 2 is 1.18 bits per heavy atom. The van der Waals surface area contributed by atoms with Gasteiger partial charge >= 0.3 is 16.5 Å². The summed E-state index contributed by atoms with van der Waals surface area (Å²) < 4.78 is 68.5. The predicted octanol–water partition coefficient (Wildman–Crippen LogP) is 2.31. The Hall–Kier alpha value is -5.34. The molecule has 12 rings (SSSR count). The van der Waals surface area contributed by atoms with Crippen molar-refractivity contribution in [3.63, 3.8) is 0 Å². The number of carbonyl (C=O) groups is 2. The van der Waals surface area contributed by atoms with E-state index in [0.717, 1.165) is 34.7 Å². The van der Waals surface area contributed by atoms with Crippen molar-refractivity contribution in [3.05, 3.63) is 66.8 Å². The number of H-pyrrole nitrogens is 2. The molecule has 0 saturated carbocycles. The van der Waals surface area contributed by atoms with Gasteiger partial charge in [0.25, 0.3) is 11.1 Å². The number of thioether (sulfide) groups is 2.